The molecule has 0 aliphatic carbocycles. The van der Waals surface area contributed by atoms with Crippen LogP contribution in [-0.4, -0.2) is 50.6 Å². The third-order valence-electron chi connectivity index (χ3n) is 3.95. The summed E-state index contributed by atoms with van der Waals surface area (Å²) in [5.74, 6) is 1.07. The Bertz CT molecular complexity index is 821. The van der Waals surface area contributed by atoms with E-state index < -0.39 is 0 Å². The molecule has 0 bridgehead atoms. The summed E-state index contributed by atoms with van der Waals surface area (Å²) < 4.78 is 16.2. The van der Waals surface area contributed by atoms with Crippen molar-refractivity contribution in [3.05, 3.63) is 48.0 Å². The molecule has 0 fully saturated rings. The van der Waals surface area contributed by atoms with Crippen molar-refractivity contribution in [3.8, 4) is 17.2 Å². The molecular formula is C19H20N2O5. The van der Waals surface area contributed by atoms with Gasteiger partial charge in [0.15, 0.2) is 18.1 Å². The van der Waals surface area contributed by atoms with E-state index in [0.29, 0.717) is 41.7 Å². The number of anilines is 1. The Hall–Kier alpha value is -3.22. The molecule has 2 amide bonds. The highest BCUT2D eigenvalue weighted by atomic mass is 16.5. The number of ether oxygens (including phenoxy) is 3. The van der Waals surface area contributed by atoms with Crippen molar-refractivity contribution >= 4 is 17.5 Å². The molecule has 26 heavy (non-hydrogen) atoms. The summed E-state index contributed by atoms with van der Waals surface area (Å²) in [6.45, 7) is 0.775. The van der Waals surface area contributed by atoms with Crippen LogP contribution in [0.3, 0.4) is 0 Å². The number of rotatable bonds is 5. The smallest absolute Gasteiger partial charge is 0.262 e. The van der Waals surface area contributed by atoms with Crippen LogP contribution in [0.15, 0.2) is 42.5 Å². The van der Waals surface area contributed by atoms with Crippen LogP contribution in [0.5, 0.6) is 17.2 Å². The second-order valence-corrected chi connectivity index (χ2v) is 5.77. The van der Waals surface area contributed by atoms with Gasteiger partial charge in [0.1, 0.15) is 12.4 Å². The Balaban J connectivity index is 1.66. The third kappa shape index (κ3) is 3.88. The lowest BCUT2D eigenvalue weighted by atomic mass is 10.1. The van der Waals surface area contributed by atoms with Gasteiger partial charge in [0, 0.05) is 12.7 Å². The summed E-state index contributed by atoms with van der Waals surface area (Å²) in [6, 6.07) is 12.1. The van der Waals surface area contributed by atoms with E-state index in [0.717, 1.165) is 0 Å². The monoisotopic (exact) mass is 356 g/mol. The zero-order chi connectivity index (χ0) is 18.5. The van der Waals surface area contributed by atoms with E-state index in [9.17, 15) is 9.59 Å². The second kappa shape index (κ2) is 7.77. The highest BCUT2D eigenvalue weighted by molar-refractivity contribution is 5.99. The lowest BCUT2D eigenvalue weighted by Crippen LogP contribution is -2.28. The second-order valence-electron chi connectivity index (χ2n) is 5.77. The zero-order valence-electron chi connectivity index (χ0n) is 14.7. The first-order valence-corrected chi connectivity index (χ1v) is 8.16. The normalized spacial score (nSPS) is 13.3. The van der Waals surface area contributed by atoms with Gasteiger partial charge in [-0.1, -0.05) is 12.1 Å². The molecule has 7 heteroatoms. The number of nitrogens with one attached hydrogen (secondary N) is 1. The van der Waals surface area contributed by atoms with Crippen LogP contribution in [-0.2, 0) is 4.79 Å². The number of para-hydroxylation sites is 2. The van der Waals surface area contributed by atoms with Gasteiger partial charge in [0.25, 0.3) is 11.8 Å². The van der Waals surface area contributed by atoms with E-state index in [1.165, 1.54) is 7.11 Å². The van der Waals surface area contributed by atoms with Gasteiger partial charge in [-0.15, -0.1) is 0 Å². The highest BCUT2D eigenvalue weighted by Crippen LogP contribution is 2.27. The van der Waals surface area contributed by atoms with Gasteiger partial charge in [0.2, 0.25) is 0 Å². The Morgan fingerprint density at radius 2 is 2.00 bits per heavy atom. The number of amides is 2. The zero-order valence-corrected chi connectivity index (χ0v) is 14.7. The predicted molar refractivity (Wildman–Crippen MR) is 96.0 cm³/mol. The molecule has 0 spiro atoms. The van der Waals surface area contributed by atoms with Crippen molar-refractivity contribution < 1.29 is 23.8 Å². The van der Waals surface area contributed by atoms with Crippen LogP contribution >= 0.6 is 0 Å². The lowest BCUT2D eigenvalue weighted by Gasteiger charge is -2.13. The van der Waals surface area contributed by atoms with Crippen LogP contribution in [0.1, 0.15) is 10.4 Å². The minimum Gasteiger partial charge on any atom is -0.493 e. The first kappa shape index (κ1) is 17.6. The number of likely N-dealkylation sites (N-methyl/N-ethyl adjacent to an activating group) is 1. The maximum Gasteiger partial charge on any atom is 0.262 e. The molecule has 1 heterocycles. The van der Waals surface area contributed by atoms with Crippen molar-refractivity contribution in [2.45, 2.75) is 0 Å². The lowest BCUT2D eigenvalue weighted by molar-refractivity contribution is -0.118. The molecule has 0 unspecified atom stereocenters. The number of fused-ring (bicyclic) bond motifs is 1. The molecule has 7 nitrogen and oxygen atoms in total. The minimum absolute atomic E-state index is 0.140. The number of hydrogen-bond donors (Lipinski definition) is 1. The van der Waals surface area contributed by atoms with Crippen LogP contribution in [0.25, 0.3) is 0 Å². The van der Waals surface area contributed by atoms with Crippen molar-refractivity contribution in [3.63, 3.8) is 0 Å². The van der Waals surface area contributed by atoms with Gasteiger partial charge >= 0.3 is 0 Å². The van der Waals surface area contributed by atoms with Crippen molar-refractivity contribution in [1.29, 1.82) is 0 Å². The van der Waals surface area contributed by atoms with Gasteiger partial charge < -0.3 is 24.4 Å². The van der Waals surface area contributed by atoms with Crippen molar-refractivity contribution in [2.24, 2.45) is 0 Å². The van der Waals surface area contributed by atoms with E-state index >= 15 is 0 Å². The first-order valence-electron chi connectivity index (χ1n) is 8.16. The summed E-state index contributed by atoms with van der Waals surface area (Å²) in [7, 11) is 3.25. The van der Waals surface area contributed by atoms with E-state index in [1.807, 2.05) is 6.07 Å². The van der Waals surface area contributed by atoms with Gasteiger partial charge in [-0.2, -0.15) is 0 Å². The number of methoxy groups -OCH3 is 1. The molecule has 0 atom stereocenters. The standard InChI is InChI=1S/C19H20N2O5/c1-21-9-10-25-15-8-7-13(11-14(15)19(21)23)20-18(22)12-26-17-6-4-3-5-16(17)24-2/h3-8,11H,9-10,12H2,1-2H3,(H,20,22). The van der Waals surface area contributed by atoms with Crippen LogP contribution in [0.4, 0.5) is 5.69 Å². The molecule has 1 aliphatic heterocycles. The van der Waals surface area contributed by atoms with Crippen LogP contribution in [0, 0.1) is 0 Å². The first-order chi connectivity index (χ1) is 12.6. The van der Waals surface area contributed by atoms with Crippen molar-refractivity contribution in [1.82, 2.24) is 4.90 Å². The largest absolute Gasteiger partial charge is 0.493 e. The Labute approximate surface area is 151 Å². The Kier molecular flexibility index (Phi) is 5.26. The molecule has 136 valence electrons. The SMILES string of the molecule is COc1ccccc1OCC(=O)Nc1ccc2c(c1)C(=O)N(C)CCO2. The maximum atomic E-state index is 12.4. The summed E-state index contributed by atoms with van der Waals surface area (Å²) in [4.78, 5) is 26.1. The fourth-order valence-corrected chi connectivity index (χ4v) is 2.58. The van der Waals surface area contributed by atoms with Gasteiger partial charge in [-0.3, -0.25) is 9.59 Å². The van der Waals surface area contributed by atoms with Crippen LogP contribution in [0.2, 0.25) is 0 Å². The number of benzene rings is 2. The number of hydrogen-bond acceptors (Lipinski definition) is 5. The number of nitrogens with zero attached hydrogens (tertiary/aromatic N) is 1. The predicted octanol–water partition coefficient (Wildman–Crippen LogP) is 2.18. The Morgan fingerprint density at radius 1 is 1.23 bits per heavy atom. The third-order valence-corrected chi connectivity index (χ3v) is 3.95. The average Bonchev–Trinajstić information content (AvgIpc) is 2.79. The maximum absolute atomic E-state index is 12.4. The van der Waals surface area contributed by atoms with Gasteiger partial charge in [0.05, 0.1) is 19.2 Å². The molecule has 3 rings (SSSR count). The van der Waals surface area contributed by atoms with E-state index in [1.54, 1.807) is 48.3 Å². The molecule has 0 aromatic heterocycles. The van der Waals surface area contributed by atoms with E-state index in [-0.39, 0.29) is 18.4 Å². The van der Waals surface area contributed by atoms with E-state index in [4.69, 9.17) is 14.2 Å². The van der Waals surface area contributed by atoms with Gasteiger partial charge in [-0.25, -0.2) is 0 Å². The Morgan fingerprint density at radius 3 is 2.77 bits per heavy atom. The summed E-state index contributed by atoms with van der Waals surface area (Å²) in [6.07, 6.45) is 0. The topological polar surface area (TPSA) is 77.1 Å². The molecule has 1 aliphatic rings. The average molecular weight is 356 g/mol. The minimum atomic E-state index is -0.341. The molecule has 0 saturated carbocycles. The van der Waals surface area contributed by atoms with E-state index in [2.05, 4.69) is 5.32 Å². The van der Waals surface area contributed by atoms with Crippen molar-refractivity contribution in [2.75, 3.05) is 39.2 Å². The molecular weight excluding hydrogens is 336 g/mol. The fraction of sp³-hybridized carbons (Fsp3) is 0.263. The molecule has 0 saturated heterocycles. The van der Waals surface area contributed by atoms with Gasteiger partial charge in [-0.05, 0) is 30.3 Å². The highest BCUT2D eigenvalue weighted by Gasteiger charge is 2.21. The fourth-order valence-electron chi connectivity index (χ4n) is 2.58. The van der Waals surface area contributed by atoms with Crippen LogP contribution < -0.4 is 19.5 Å². The molecule has 0 radical (unpaired) electrons. The number of carbonyl (C=O) groups is 2. The summed E-state index contributed by atoms with van der Waals surface area (Å²) in [5, 5.41) is 2.72. The molecule has 2 aromatic carbocycles. The summed E-state index contributed by atoms with van der Waals surface area (Å²) >= 11 is 0. The molecule has 2 aromatic rings. The molecule has 1 N–H and O–H groups in total. The quantitative estimate of drug-likeness (QED) is 0.889. The number of carbonyl (C=O) groups excluding carboxylic acids is 2. The summed E-state index contributed by atoms with van der Waals surface area (Å²) in [5.41, 5.74) is 0.929.